The molecular weight excluding hydrogens is 370 g/mol. The van der Waals surface area contributed by atoms with Gasteiger partial charge in [-0.3, -0.25) is 4.79 Å². The highest BCUT2D eigenvalue weighted by molar-refractivity contribution is 7.17. The van der Waals surface area contributed by atoms with Gasteiger partial charge in [0.25, 0.3) is 5.91 Å². The largest absolute Gasteiger partial charge is 0.454 e. The Bertz CT molecular complexity index is 1140. The third-order valence-corrected chi connectivity index (χ3v) is 5.83. The SMILES string of the molecule is O=C(Nc1nsc2ccccc12)c1cnc(-c2ccc3c(c2)OCO3)s1. The molecule has 1 aliphatic heterocycles. The zero-order valence-electron chi connectivity index (χ0n) is 13.3. The molecule has 4 aromatic rings. The Balaban J connectivity index is 1.40. The lowest BCUT2D eigenvalue weighted by Crippen LogP contribution is -2.10. The van der Waals surface area contributed by atoms with Gasteiger partial charge in [-0.05, 0) is 41.9 Å². The van der Waals surface area contributed by atoms with Gasteiger partial charge in [0, 0.05) is 10.9 Å². The monoisotopic (exact) mass is 381 g/mol. The Kier molecular flexibility index (Phi) is 3.58. The Morgan fingerprint density at radius 2 is 2.00 bits per heavy atom. The summed E-state index contributed by atoms with van der Waals surface area (Å²) in [6, 6.07) is 13.4. The Labute approximate surface area is 156 Å². The number of hydrogen-bond acceptors (Lipinski definition) is 7. The molecule has 0 saturated carbocycles. The fourth-order valence-electron chi connectivity index (χ4n) is 2.69. The number of carbonyl (C=O) groups excluding carboxylic acids is 1. The van der Waals surface area contributed by atoms with E-state index in [0.717, 1.165) is 26.4 Å². The van der Waals surface area contributed by atoms with E-state index < -0.39 is 0 Å². The number of hydrogen-bond donors (Lipinski definition) is 1. The van der Waals surface area contributed by atoms with Crippen LogP contribution in [0.5, 0.6) is 11.5 Å². The molecule has 0 saturated heterocycles. The van der Waals surface area contributed by atoms with Crippen LogP contribution in [0, 0.1) is 0 Å². The van der Waals surface area contributed by atoms with Crippen molar-refractivity contribution in [1.29, 1.82) is 0 Å². The molecule has 1 aliphatic rings. The van der Waals surface area contributed by atoms with Crippen LogP contribution in [0.25, 0.3) is 20.7 Å². The maximum atomic E-state index is 12.6. The number of anilines is 1. The van der Waals surface area contributed by atoms with Gasteiger partial charge < -0.3 is 14.8 Å². The number of benzene rings is 2. The second-order valence-electron chi connectivity index (χ2n) is 5.58. The fourth-order valence-corrected chi connectivity index (χ4v) is 4.23. The summed E-state index contributed by atoms with van der Waals surface area (Å²) < 4.78 is 16.1. The van der Waals surface area contributed by atoms with Gasteiger partial charge in [-0.1, -0.05) is 12.1 Å². The van der Waals surface area contributed by atoms with Crippen LogP contribution in [-0.2, 0) is 0 Å². The van der Waals surface area contributed by atoms with E-state index in [1.54, 1.807) is 6.20 Å². The van der Waals surface area contributed by atoms with Crippen LogP contribution >= 0.6 is 22.9 Å². The van der Waals surface area contributed by atoms with Crippen LogP contribution in [0.4, 0.5) is 5.82 Å². The van der Waals surface area contributed by atoms with E-state index in [0.29, 0.717) is 16.4 Å². The number of thiazole rings is 1. The van der Waals surface area contributed by atoms with Crippen molar-refractivity contribution in [2.24, 2.45) is 0 Å². The number of aromatic nitrogens is 2. The second-order valence-corrected chi connectivity index (χ2v) is 7.41. The highest BCUT2D eigenvalue weighted by Crippen LogP contribution is 2.37. The molecular formula is C18H11N3O3S2. The van der Waals surface area contributed by atoms with Crippen molar-refractivity contribution in [1.82, 2.24) is 9.36 Å². The van der Waals surface area contributed by atoms with Gasteiger partial charge >= 0.3 is 0 Å². The molecule has 2 aromatic carbocycles. The summed E-state index contributed by atoms with van der Waals surface area (Å²) in [4.78, 5) is 17.5. The van der Waals surface area contributed by atoms with Crippen molar-refractivity contribution < 1.29 is 14.3 Å². The van der Waals surface area contributed by atoms with Gasteiger partial charge in [0.2, 0.25) is 6.79 Å². The molecule has 2 aromatic heterocycles. The Morgan fingerprint density at radius 3 is 2.96 bits per heavy atom. The standard InChI is InChI=1S/C18H11N3O3S2/c22-17(20-16-11-3-1-2-4-14(11)26-21-16)15-8-19-18(25-15)10-5-6-12-13(7-10)24-9-23-12/h1-8H,9H2,(H,20,21,22). The molecule has 0 fully saturated rings. The van der Waals surface area contributed by atoms with Crippen LogP contribution in [0.1, 0.15) is 9.67 Å². The zero-order chi connectivity index (χ0) is 17.5. The normalized spacial score (nSPS) is 12.5. The highest BCUT2D eigenvalue weighted by atomic mass is 32.1. The van der Waals surface area contributed by atoms with E-state index in [1.807, 2.05) is 42.5 Å². The molecule has 0 atom stereocenters. The van der Waals surface area contributed by atoms with Crippen molar-refractivity contribution in [2.75, 3.05) is 12.1 Å². The van der Waals surface area contributed by atoms with Gasteiger partial charge in [-0.25, -0.2) is 4.98 Å². The van der Waals surface area contributed by atoms with E-state index >= 15 is 0 Å². The molecule has 5 rings (SSSR count). The zero-order valence-corrected chi connectivity index (χ0v) is 14.9. The van der Waals surface area contributed by atoms with Crippen LogP contribution < -0.4 is 14.8 Å². The highest BCUT2D eigenvalue weighted by Gasteiger charge is 2.18. The lowest BCUT2D eigenvalue weighted by molar-refractivity contribution is 0.103. The summed E-state index contributed by atoms with van der Waals surface area (Å²) >= 11 is 2.68. The molecule has 128 valence electrons. The lowest BCUT2D eigenvalue weighted by atomic mass is 10.2. The van der Waals surface area contributed by atoms with Crippen LogP contribution in [-0.4, -0.2) is 22.1 Å². The van der Waals surface area contributed by atoms with E-state index in [-0.39, 0.29) is 12.7 Å². The van der Waals surface area contributed by atoms with Crippen molar-refractivity contribution in [3.63, 3.8) is 0 Å². The van der Waals surface area contributed by atoms with Crippen molar-refractivity contribution in [3.8, 4) is 22.1 Å². The molecule has 8 heteroatoms. The minimum absolute atomic E-state index is 0.217. The molecule has 0 bridgehead atoms. The molecule has 0 unspecified atom stereocenters. The molecule has 0 spiro atoms. The predicted molar refractivity (Wildman–Crippen MR) is 101 cm³/mol. The average Bonchev–Trinajstić information content (AvgIpc) is 3.40. The molecule has 1 N–H and O–H groups in total. The van der Waals surface area contributed by atoms with Crippen LogP contribution in [0.15, 0.2) is 48.7 Å². The van der Waals surface area contributed by atoms with Gasteiger partial charge in [-0.2, -0.15) is 4.37 Å². The fraction of sp³-hybridized carbons (Fsp3) is 0.0556. The third kappa shape index (κ3) is 2.59. The van der Waals surface area contributed by atoms with Gasteiger partial charge in [0.05, 0.1) is 10.9 Å². The van der Waals surface area contributed by atoms with Gasteiger partial charge in [-0.15, -0.1) is 11.3 Å². The number of amides is 1. The number of nitrogens with zero attached hydrogens (tertiary/aromatic N) is 2. The molecule has 0 radical (unpaired) electrons. The van der Waals surface area contributed by atoms with Crippen molar-refractivity contribution in [3.05, 3.63) is 53.5 Å². The van der Waals surface area contributed by atoms with E-state index in [4.69, 9.17) is 9.47 Å². The van der Waals surface area contributed by atoms with Crippen LogP contribution in [0.3, 0.4) is 0 Å². The van der Waals surface area contributed by atoms with E-state index in [2.05, 4.69) is 14.7 Å². The maximum absolute atomic E-state index is 12.6. The van der Waals surface area contributed by atoms with Crippen molar-refractivity contribution in [2.45, 2.75) is 0 Å². The lowest BCUT2D eigenvalue weighted by Gasteiger charge is -2.00. The molecule has 26 heavy (non-hydrogen) atoms. The first-order valence-electron chi connectivity index (χ1n) is 7.79. The molecule has 1 amide bonds. The smallest absolute Gasteiger partial charge is 0.268 e. The average molecular weight is 381 g/mol. The Morgan fingerprint density at radius 1 is 1.12 bits per heavy atom. The van der Waals surface area contributed by atoms with Crippen LogP contribution in [0.2, 0.25) is 0 Å². The summed E-state index contributed by atoms with van der Waals surface area (Å²) in [5, 5.41) is 4.56. The third-order valence-electron chi connectivity index (χ3n) is 3.96. The number of ether oxygens (including phenoxy) is 2. The first-order valence-corrected chi connectivity index (χ1v) is 9.38. The van der Waals surface area contributed by atoms with E-state index in [9.17, 15) is 4.79 Å². The molecule has 3 heterocycles. The summed E-state index contributed by atoms with van der Waals surface area (Å²) in [6.45, 7) is 0.228. The van der Waals surface area contributed by atoms with Gasteiger partial charge in [0.1, 0.15) is 9.88 Å². The number of rotatable bonds is 3. The number of nitrogens with one attached hydrogen (secondary N) is 1. The molecule has 6 nitrogen and oxygen atoms in total. The van der Waals surface area contributed by atoms with Crippen molar-refractivity contribution >= 4 is 44.7 Å². The summed E-state index contributed by atoms with van der Waals surface area (Å²) in [7, 11) is 0. The maximum Gasteiger partial charge on any atom is 0.268 e. The van der Waals surface area contributed by atoms with Gasteiger partial charge in [0.15, 0.2) is 17.3 Å². The summed E-state index contributed by atoms with van der Waals surface area (Å²) in [6.07, 6.45) is 1.58. The predicted octanol–water partition coefficient (Wildman–Crippen LogP) is 4.40. The summed E-state index contributed by atoms with van der Waals surface area (Å²) in [5.41, 5.74) is 0.886. The first-order chi connectivity index (χ1) is 12.8. The first kappa shape index (κ1) is 15.3. The summed E-state index contributed by atoms with van der Waals surface area (Å²) in [5.74, 6) is 1.77. The Hall–Kier alpha value is -2.97. The number of carbonyl (C=O) groups is 1. The minimum Gasteiger partial charge on any atom is -0.454 e. The topological polar surface area (TPSA) is 73.3 Å². The van der Waals surface area contributed by atoms with E-state index in [1.165, 1.54) is 22.9 Å². The number of fused-ring (bicyclic) bond motifs is 2. The second kappa shape index (κ2) is 6.08. The molecule has 0 aliphatic carbocycles. The minimum atomic E-state index is -0.217. The quantitative estimate of drug-likeness (QED) is 0.569.